The molecule has 0 bridgehead atoms. The minimum Gasteiger partial charge on any atom is -0.285 e. The summed E-state index contributed by atoms with van der Waals surface area (Å²) in [6.07, 6.45) is -3.74. The van der Waals surface area contributed by atoms with Crippen LogP contribution in [0.15, 0.2) is 77.7 Å². The molecule has 0 fully saturated rings. The van der Waals surface area contributed by atoms with Crippen molar-refractivity contribution in [2.45, 2.75) is 42.9 Å². The van der Waals surface area contributed by atoms with Gasteiger partial charge in [0, 0.05) is 13.1 Å². The molecule has 1 unspecified atom stereocenters. The number of tetrazole rings is 1. The number of aryl methyl sites for hydroxylation is 1. The fourth-order valence-corrected chi connectivity index (χ4v) is 5.80. The summed E-state index contributed by atoms with van der Waals surface area (Å²) >= 11 is 0. The monoisotopic (exact) mass is 527 g/mol. The normalized spacial score (nSPS) is 15.4. The molecule has 0 saturated carbocycles. The van der Waals surface area contributed by atoms with Gasteiger partial charge in [0.25, 0.3) is 0 Å². The molecule has 1 aliphatic rings. The van der Waals surface area contributed by atoms with Crippen LogP contribution in [0, 0.1) is 6.92 Å². The van der Waals surface area contributed by atoms with E-state index in [9.17, 15) is 21.6 Å². The largest absolute Gasteiger partial charge is 0.416 e. The second-order valence-electron chi connectivity index (χ2n) is 9.11. The first-order valence-electron chi connectivity index (χ1n) is 11.7. The summed E-state index contributed by atoms with van der Waals surface area (Å²) in [6, 6.07) is 18.7. The Kier molecular flexibility index (Phi) is 6.59. The summed E-state index contributed by atoms with van der Waals surface area (Å²) in [5, 5.41) is 11.9. The fraction of sp³-hybridized carbons (Fsp3) is 0.269. The molecular formula is C26H24F3N5O2S. The standard InChI is InChI=1S/C26H24F3N5O2S/c1-18-6-12-23(13-7-18)37(35,36)17-34-25(30-31-32-34)24(20-8-10-22(11-9-20)26(27,28)29)33-15-14-19-4-2-3-5-21(19)16-33/h2-13,24H,14-17H2,1H3. The Labute approximate surface area is 212 Å². The fourth-order valence-electron chi connectivity index (χ4n) is 4.60. The summed E-state index contributed by atoms with van der Waals surface area (Å²) in [5.74, 6) is -0.255. The van der Waals surface area contributed by atoms with Gasteiger partial charge >= 0.3 is 6.18 Å². The van der Waals surface area contributed by atoms with Gasteiger partial charge in [-0.1, -0.05) is 54.1 Å². The number of sulfone groups is 1. The van der Waals surface area contributed by atoms with Crippen molar-refractivity contribution in [3.63, 3.8) is 0 Å². The molecule has 37 heavy (non-hydrogen) atoms. The van der Waals surface area contributed by atoms with Crippen LogP contribution in [0.1, 0.15) is 39.7 Å². The third-order valence-corrected chi connectivity index (χ3v) is 8.13. The van der Waals surface area contributed by atoms with Gasteiger partial charge in [-0.3, -0.25) is 4.90 Å². The lowest BCUT2D eigenvalue weighted by atomic mass is 9.95. The van der Waals surface area contributed by atoms with E-state index in [0.717, 1.165) is 29.7 Å². The number of halogens is 3. The van der Waals surface area contributed by atoms with Gasteiger partial charge in [0.2, 0.25) is 0 Å². The van der Waals surface area contributed by atoms with Gasteiger partial charge in [-0.2, -0.15) is 13.2 Å². The van der Waals surface area contributed by atoms with Gasteiger partial charge in [-0.15, -0.1) is 5.10 Å². The molecule has 3 aromatic carbocycles. The molecule has 0 N–H and O–H groups in total. The highest BCUT2D eigenvalue weighted by atomic mass is 32.2. The van der Waals surface area contributed by atoms with Crippen molar-refractivity contribution in [2.75, 3.05) is 6.54 Å². The molecule has 0 spiro atoms. The predicted octanol–water partition coefficient (Wildman–Crippen LogP) is 4.58. The average molecular weight is 528 g/mol. The van der Waals surface area contributed by atoms with E-state index in [4.69, 9.17) is 0 Å². The topological polar surface area (TPSA) is 81.0 Å². The maximum atomic E-state index is 13.2. The molecule has 1 aliphatic heterocycles. The smallest absolute Gasteiger partial charge is 0.285 e. The van der Waals surface area contributed by atoms with Gasteiger partial charge in [0.1, 0.15) is 0 Å². The minimum atomic E-state index is -4.47. The van der Waals surface area contributed by atoms with E-state index >= 15 is 0 Å². The molecule has 11 heteroatoms. The molecule has 4 aromatic rings. The molecule has 0 radical (unpaired) electrons. The Bertz CT molecular complexity index is 1500. The third-order valence-electron chi connectivity index (χ3n) is 6.56. The molecule has 0 saturated heterocycles. The number of rotatable bonds is 6. The molecule has 0 amide bonds. The number of aromatic nitrogens is 4. The summed E-state index contributed by atoms with van der Waals surface area (Å²) in [4.78, 5) is 2.20. The number of alkyl halides is 3. The molecule has 1 atom stereocenters. The summed E-state index contributed by atoms with van der Waals surface area (Å²) < 4.78 is 67.3. The van der Waals surface area contributed by atoms with Crippen molar-refractivity contribution >= 4 is 9.84 Å². The lowest BCUT2D eigenvalue weighted by molar-refractivity contribution is -0.137. The van der Waals surface area contributed by atoms with Crippen molar-refractivity contribution in [3.05, 3.63) is 106 Å². The van der Waals surface area contributed by atoms with Gasteiger partial charge in [0.15, 0.2) is 21.5 Å². The van der Waals surface area contributed by atoms with Crippen molar-refractivity contribution in [2.24, 2.45) is 0 Å². The number of fused-ring (bicyclic) bond motifs is 1. The van der Waals surface area contributed by atoms with Gasteiger partial charge in [-0.05, 0) is 64.7 Å². The van der Waals surface area contributed by atoms with Crippen molar-refractivity contribution in [1.29, 1.82) is 0 Å². The first-order valence-corrected chi connectivity index (χ1v) is 13.3. The highest BCUT2D eigenvalue weighted by molar-refractivity contribution is 7.90. The molecular weight excluding hydrogens is 503 g/mol. The molecule has 5 rings (SSSR count). The summed E-state index contributed by atoms with van der Waals surface area (Å²) in [6.45, 7) is 2.97. The lowest BCUT2D eigenvalue weighted by Crippen LogP contribution is -2.36. The zero-order chi connectivity index (χ0) is 26.2. The molecule has 2 heterocycles. The molecule has 7 nitrogen and oxygen atoms in total. The summed E-state index contributed by atoms with van der Waals surface area (Å²) in [5.41, 5.74) is 3.00. The van der Waals surface area contributed by atoms with Crippen LogP contribution in [0.5, 0.6) is 0 Å². The van der Waals surface area contributed by atoms with E-state index in [1.165, 1.54) is 34.5 Å². The quantitative estimate of drug-likeness (QED) is 0.365. The van der Waals surface area contributed by atoms with Crippen LogP contribution in [0.25, 0.3) is 0 Å². The Morgan fingerprint density at radius 2 is 1.62 bits per heavy atom. The zero-order valence-electron chi connectivity index (χ0n) is 19.9. The van der Waals surface area contributed by atoms with Gasteiger partial charge in [0.05, 0.1) is 16.5 Å². The van der Waals surface area contributed by atoms with Crippen LogP contribution < -0.4 is 0 Å². The highest BCUT2D eigenvalue weighted by Crippen LogP contribution is 2.35. The second-order valence-corrected chi connectivity index (χ2v) is 11.1. The third kappa shape index (κ3) is 5.28. The van der Waals surface area contributed by atoms with Crippen LogP contribution in [0.2, 0.25) is 0 Å². The zero-order valence-corrected chi connectivity index (χ0v) is 20.7. The van der Waals surface area contributed by atoms with E-state index < -0.39 is 33.5 Å². The number of nitrogens with zero attached hydrogens (tertiary/aromatic N) is 5. The Morgan fingerprint density at radius 3 is 2.30 bits per heavy atom. The maximum Gasteiger partial charge on any atom is 0.416 e. The lowest BCUT2D eigenvalue weighted by Gasteiger charge is -2.35. The van der Waals surface area contributed by atoms with Crippen LogP contribution in [-0.4, -0.2) is 40.1 Å². The van der Waals surface area contributed by atoms with E-state index in [-0.39, 0.29) is 10.7 Å². The molecule has 192 valence electrons. The average Bonchev–Trinajstić information content (AvgIpc) is 3.31. The first kappa shape index (κ1) is 25.1. The van der Waals surface area contributed by atoms with Crippen LogP contribution in [0.3, 0.4) is 0 Å². The predicted molar refractivity (Wildman–Crippen MR) is 130 cm³/mol. The Hall–Kier alpha value is -3.57. The van der Waals surface area contributed by atoms with Gasteiger partial charge < -0.3 is 0 Å². The SMILES string of the molecule is Cc1ccc(S(=O)(=O)Cn2nnnc2C(c2ccc(C(F)(F)F)cc2)N2CCc3ccccc3C2)cc1. The van der Waals surface area contributed by atoms with E-state index in [1.54, 1.807) is 12.1 Å². The number of hydrogen-bond donors (Lipinski definition) is 0. The minimum absolute atomic E-state index is 0.137. The van der Waals surface area contributed by atoms with Crippen LogP contribution in [-0.2, 0) is 34.9 Å². The molecule has 1 aromatic heterocycles. The van der Waals surface area contributed by atoms with E-state index in [1.807, 2.05) is 25.1 Å². The van der Waals surface area contributed by atoms with Crippen molar-refractivity contribution in [3.8, 4) is 0 Å². The highest BCUT2D eigenvalue weighted by Gasteiger charge is 2.34. The molecule has 0 aliphatic carbocycles. The van der Waals surface area contributed by atoms with Crippen molar-refractivity contribution in [1.82, 2.24) is 25.1 Å². The number of benzene rings is 3. The Morgan fingerprint density at radius 1 is 0.946 bits per heavy atom. The van der Waals surface area contributed by atoms with Crippen molar-refractivity contribution < 1.29 is 21.6 Å². The van der Waals surface area contributed by atoms with E-state index in [0.29, 0.717) is 18.7 Å². The van der Waals surface area contributed by atoms with Crippen LogP contribution in [0.4, 0.5) is 13.2 Å². The summed E-state index contributed by atoms with van der Waals surface area (Å²) in [7, 11) is -3.79. The van der Waals surface area contributed by atoms with Crippen LogP contribution >= 0.6 is 0 Å². The maximum absolute atomic E-state index is 13.2. The van der Waals surface area contributed by atoms with Gasteiger partial charge in [-0.25, -0.2) is 13.1 Å². The van der Waals surface area contributed by atoms with E-state index in [2.05, 4.69) is 26.5 Å². The number of hydrogen-bond acceptors (Lipinski definition) is 6. The second kappa shape index (κ2) is 9.71. The Balaban J connectivity index is 1.54. The first-order chi connectivity index (χ1) is 17.6.